The minimum absolute atomic E-state index is 0.0862. The summed E-state index contributed by atoms with van der Waals surface area (Å²) < 4.78 is 7.47. The van der Waals surface area contributed by atoms with E-state index in [4.69, 9.17) is 4.74 Å². The molecule has 0 saturated carbocycles. The van der Waals surface area contributed by atoms with Gasteiger partial charge in [-0.2, -0.15) is 0 Å². The first-order valence-corrected chi connectivity index (χ1v) is 13.9. The summed E-state index contributed by atoms with van der Waals surface area (Å²) in [6.07, 6.45) is 1.98. The van der Waals surface area contributed by atoms with Gasteiger partial charge in [0.15, 0.2) is 0 Å². The Balaban J connectivity index is 1.59. The summed E-state index contributed by atoms with van der Waals surface area (Å²) in [7, 11) is 1.64. The average Bonchev–Trinajstić information content (AvgIpc) is 3.42. The first-order valence-electron chi connectivity index (χ1n) is 13.9. The summed E-state index contributed by atoms with van der Waals surface area (Å²) in [5.74, 6) is 0.234. The van der Waals surface area contributed by atoms with Crippen LogP contribution in [0.5, 0.6) is 5.75 Å². The van der Waals surface area contributed by atoms with Crippen molar-refractivity contribution in [2.24, 2.45) is 5.92 Å². The van der Waals surface area contributed by atoms with Crippen LogP contribution in [0, 0.1) is 16.0 Å². The number of non-ortho nitro benzene ring substituents is 1. The molecule has 0 bridgehead atoms. The van der Waals surface area contributed by atoms with Gasteiger partial charge in [0.25, 0.3) is 11.6 Å². The SMILES string of the molecule is COc1cccc(Cn2cccc2CN(Cc2ccccc2)C(=O)CN(CC(C)C)C(=O)c2cccc([N+](=O)[O-])c2)c1. The molecule has 0 saturated heterocycles. The van der Waals surface area contributed by atoms with Crippen molar-refractivity contribution in [1.29, 1.82) is 0 Å². The lowest BCUT2D eigenvalue weighted by Crippen LogP contribution is -2.44. The molecule has 1 heterocycles. The highest BCUT2D eigenvalue weighted by Gasteiger charge is 2.25. The van der Waals surface area contributed by atoms with E-state index in [9.17, 15) is 19.7 Å². The van der Waals surface area contributed by atoms with Crippen LogP contribution >= 0.6 is 0 Å². The van der Waals surface area contributed by atoms with E-state index in [-0.39, 0.29) is 29.6 Å². The number of hydrogen-bond acceptors (Lipinski definition) is 5. The first-order chi connectivity index (χ1) is 20.2. The van der Waals surface area contributed by atoms with Gasteiger partial charge in [0.1, 0.15) is 12.3 Å². The van der Waals surface area contributed by atoms with Crippen LogP contribution in [0.2, 0.25) is 0 Å². The van der Waals surface area contributed by atoms with E-state index >= 15 is 0 Å². The fourth-order valence-corrected chi connectivity index (χ4v) is 4.80. The van der Waals surface area contributed by atoms with Gasteiger partial charge in [0, 0.05) is 49.2 Å². The van der Waals surface area contributed by atoms with Crippen molar-refractivity contribution in [3.63, 3.8) is 0 Å². The van der Waals surface area contributed by atoms with Crippen LogP contribution in [0.1, 0.15) is 41.0 Å². The van der Waals surface area contributed by atoms with Gasteiger partial charge in [0.05, 0.1) is 18.6 Å². The predicted octanol–water partition coefficient (Wildman–Crippen LogP) is 5.78. The van der Waals surface area contributed by atoms with Gasteiger partial charge in [-0.3, -0.25) is 19.7 Å². The van der Waals surface area contributed by atoms with Crippen LogP contribution in [0.25, 0.3) is 0 Å². The van der Waals surface area contributed by atoms with E-state index in [1.807, 2.05) is 86.8 Å². The molecule has 0 N–H and O–H groups in total. The molecule has 1 aromatic heterocycles. The van der Waals surface area contributed by atoms with Crippen LogP contribution in [-0.4, -0.2) is 51.3 Å². The number of hydrogen-bond donors (Lipinski definition) is 0. The van der Waals surface area contributed by atoms with Gasteiger partial charge >= 0.3 is 0 Å². The number of ether oxygens (including phenoxy) is 1. The molecule has 4 aromatic rings. The molecule has 0 aliphatic rings. The molecule has 0 atom stereocenters. The maximum Gasteiger partial charge on any atom is 0.270 e. The third-order valence-electron chi connectivity index (χ3n) is 6.84. The largest absolute Gasteiger partial charge is 0.497 e. The van der Waals surface area contributed by atoms with Crippen molar-refractivity contribution in [3.05, 3.63) is 130 Å². The van der Waals surface area contributed by atoms with E-state index in [1.165, 1.54) is 23.1 Å². The van der Waals surface area contributed by atoms with E-state index in [0.29, 0.717) is 26.2 Å². The quantitative estimate of drug-likeness (QED) is 0.150. The van der Waals surface area contributed by atoms with Crippen molar-refractivity contribution >= 4 is 17.5 Å². The average molecular weight is 569 g/mol. The number of rotatable bonds is 13. The second kappa shape index (κ2) is 14.1. The molecule has 0 unspecified atom stereocenters. The van der Waals surface area contributed by atoms with Crippen LogP contribution < -0.4 is 4.74 Å². The van der Waals surface area contributed by atoms with Gasteiger partial charge in [-0.15, -0.1) is 0 Å². The zero-order valence-corrected chi connectivity index (χ0v) is 24.2. The maximum absolute atomic E-state index is 13.9. The monoisotopic (exact) mass is 568 g/mol. The summed E-state index contributed by atoms with van der Waals surface area (Å²) >= 11 is 0. The number of amides is 2. The Bertz CT molecular complexity index is 1520. The molecular formula is C33H36N4O5. The molecular weight excluding hydrogens is 532 g/mol. The molecule has 0 radical (unpaired) electrons. The van der Waals surface area contributed by atoms with Crippen LogP contribution in [-0.2, 0) is 24.4 Å². The van der Waals surface area contributed by atoms with Gasteiger partial charge in [0.2, 0.25) is 5.91 Å². The Morgan fingerprint density at radius 1 is 0.881 bits per heavy atom. The van der Waals surface area contributed by atoms with Crippen LogP contribution in [0.4, 0.5) is 5.69 Å². The highest BCUT2D eigenvalue weighted by Crippen LogP contribution is 2.19. The standard InChI is InChI=1S/C33H36N4O5/c1-25(2)20-36(33(39)28-13-8-14-29(19-28)37(40)41)24-32(38)35(21-26-10-5-4-6-11-26)23-30-15-9-17-34(30)22-27-12-7-16-31(18-27)42-3/h4-19,25H,20-24H2,1-3H3. The minimum atomic E-state index is -0.531. The lowest BCUT2D eigenvalue weighted by Gasteiger charge is -2.29. The van der Waals surface area contributed by atoms with E-state index in [1.54, 1.807) is 18.1 Å². The van der Waals surface area contributed by atoms with Gasteiger partial charge in [-0.25, -0.2) is 0 Å². The summed E-state index contributed by atoms with van der Waals surface area (Å²) in [6.45, 7) is 5.42. The number of nitro groups is 1. The van der Waals surface area contributed by atoms with Crippen molar-refractivity contribution in [1.82, 2.24) is 14.4 Å². The van der Waals surface area contributed by atoms with Crippen LogP contribution in [0.3, 0.4) is 0 Å². The first kappa shape index (κ1) is 30.0. The third-order valence-corrected chi connectivity index (χ3v) is 6.84. The molecule has 2 amide bonds. The molecule has 218 valence electrons. The molecule has 42 heavy (non-hydrogen) atoms. The molecule has 9 heteroatoms. The fraction of sp³-hybridized carbons (Fsp3) is 0.273. The lowest BCUT2D eigenvalue weighted by atomic mass is 10.1. The minimum Gasteiger partial charge on any atom is -0.497 e. The second-order valence-electron chi connectivity index (χ2n) is 10.6. The highest BCUT2D eigenvalue weighted by atomic mass is 16.6. The van der Waals surface area contributed by atoms with Crippen molar-refractivity contribution in [2.75, 3.05) is 20.2 Å². The van der Waals surface area contributed by atoms with E-state index < -0.39 is 10.8 Å². The van der Waals surface area contributed by atoms with E-state index in [0.717, 1.165) is 22.6 Å². The predicted molar refractivity (Wildman–Crippen MR) is 161 cm³/mol. The lowest BCUT2D eigenvalue weighted by molar-refractivity contribution is -0.384. The Hall–Kier alpha value is -4.92. The number of carbonyl (C=O) groups is 2. The topological polar surface area (TPSA) is 97.9 Å². The highest BCUT2D eigenvalue weighted by molar-refractivity contribution is 5.97. The molecule has 9 nitrogen and oxygen atoms in total. The molecule has 0 spiro atoms. The maximum atomic E-state index is 13.9. The molecule has 0 aliphatic carbocycles. The number of nitrogens with zero attached hydrogens (tertiary/aromatic N) is 4. The Kier molecular flexibility index (Phi) is 10.1. The van der Waals surface area contributed by atoms with Crippen molar-refractivity contribution < 1.29 is 19.2 Å². The van der Waals surface area contributed by atoms with Crippen molar-refractivity contribution in [3.8, 4) is 5.75 Å². The molecule has 3 aromatic carbocycles. The number of carbonyl (C=O) groups excluding carboxylic acids is 2. The van der Waals surface area contributed by atoms with E-state index in [2.05, 4.69) is 4.57 Å². The van der Waals surface area contributed by atoms with Gasteiger partial charge in [-0.1, -0.05) is 62.4 Å². The fourth-order valence-electron chi connectivity index (χ4n) is 4.80. The smallest absolute Gasteiger partial charge is 0.270 e. The van der Waals surface area contributed by atoms with Crippen molar-refractivity contribution in [2.45, 2.75) is 33.5 Å². The number of benzene rings is 3. The Labute approximate surface area is 246 Å². The molecule has 4 rings (SSSR count). The number of methoxy groups -OCH3 is 1. The Morgan fingerprint density at radius 2 is 1.62 bits per heavy atom. The summed E-state index contributed by atoms with van der Waals surface area (Å²) in [5.41, 5.74) is 3.00. The normalized spacial score (nSPS) is 10.9. The third kappa shape index (κ3) is 8.06. The number of aromatic nitrogens is 1. The molecule has 0 fully saturated rings. The number of nitro benzene ring substituents is 1. The molecule has 0 aliphatic heterocycles. The summed E-state index contributed by atoms with van der Waals surface area (Å²) in [4.78, 5) is 41.5. The summed E-state index contributed by atoms with van der Waals surface area (Å²) in [5, 5.41) is 11.3. The summed E-state index contributed by atoms with van der Waals surface area (Å²) in [6, 6.07) is 27.2. The van der Waals surface area contributed by atoms with Gasteiger partial charge in [-0.05, 0) is 47.4 Å². The van der Waals surface area contributed by atoms with Crippen LogP contribution in [0.15, 0.2) is 97.2 Å². The van der Waals surface area contributed by atoms with Gasteiger partial charge < -0.3 is 19.1 Å². The zero-order valence-electron chi connectivity index (χ0n) is 24.2. The zero-order chi connectivity index (χ0) is 30.1. The second-order valence-corrected chi connectivity index (χ2v) is 10.6. The Morgan fingerprint density at radius 3 is 2.33 bits per heavy atom.